The van der Waals surface area contributed by atoms with Gasteiger partial charge in [-0.1, -0.05) is 30.3 Å². The number of aromatic nitrogens is 2. The molecule has 0 spiro atoms. The van der Waals surface area contributed by atoms with Crippen LogP contribution in [0.15, 0.2) is 48.5 Å². The first-order valence-electron chi connectivity index (χ1n) is 7.67. The second kappa shape index (κ2) is 6.71. The zero-order chi connectivity index (χ0) is 16.2. The van der Waals surface area contributed by atoms with Gasteiger partial charge in [-0.15, -0.1) is 0 Å². The summed E-state index contributed by atoms with van der Waals surface area (Å²) in [6, 6.07) is 16.3. The van der Waals surface area contributed by atoms with Crippen molar-refractivity contribution in [3.63, 3.8) is 0 Å². The van der Waals surface area contributed by atoms with E-state index < -0.39 is 0 Å². The zero-order valence-corrected chi connectivity index (χ0v) is 13.7. The maximum absolute atomic E-state index is 5.50. The number of fused-ring (bicyclic) bond motifs is 1. The summed E-state index contributed by atoms with van der Waals surface area (Å²) < 4.78 is 5.50. The van der Waals surface area contributed by atoms with Crippen molar-refractivity contribution in [3.05, 3.63) is 54.1 Å². The van der Waals surface area contributed by atoms with E-state index in [2.05, 4.69) is 40.3 Å². The predicted octanol–water partition coefficient (Wildman–Crippen LogP) is 3.29. The number of benzene rings is 2. The van der Waals surface area contributed by atoms with Crippen molar-refractivity contribution in [2.45, 2.75) is 6.04 Å². The second-order valence-corrected chi connectivity index (χ2v) is 5.70. The molecule has 3 rings (SSSR count). The molecule has 0 aliphatic rings. The predicted molar refractivity (Wildman–Crippen MR) is 94.0 cm³/mol. The van der Waals surface area contributed by atoms with Gasteiger partial charge in [0.1, 0.15) is 5.75 Å². The lowest BCUT2D eigenvalue weighted by atomic mass is 10.0. The van der Waals surface area contributed by atoms with Crippen LogP contribution in [0, 0.1) is 0 Å². The number of rotatable bonds is 6. The fraction of sp³-hybridized carbons (Fsp3) is 0.278. The quantitative estimate of drug-likeness (QED) is 0.733. The number of hydrogen-bond acceptors (Lipinski definition) is 4. The summed E-state index contributed by atoms with van der Waals surface area (Å²) in [4.78, 5) is 10.0. The third-order valence-electron chi connectivity index (χ3n) is 3.97. The molecule has 0 aliphatic carbocycles. The summed E-state index contributed by atoms with van der Waals surface area (Å²) in [5.74, 6) is 1.69. The smallest absolute Gasteiger partial charge is 0.201 e. The summed E-state index contributed by atoms with van der Waals surface area (Å²) in [5.41, 5.74) is 3.16. The summed E-state index contributed by atoms with van der Waals surface area (Å²) in [7, 11) is 5.84. The van der Waals surface area contributed by atoms with E-state index in [9.17, 15) is 0 Å². The topological polar surface area (TPSA) is 53.2 Å². The molecule has 0 fully saturated rings. The van der Waals surface area contributed by atoms with Crippen molar-refractivity contribution in [2.75, 3.05) is 33.1 Å². The van der Waals surface area contributed by atoms with Crippen LogP contribution in [0.2, 0.25) is 0 Å². The van der Waals surface area contributed by atoms with Crippen molar-refractivity contribution in [1.29, 1.82) is 0 Å². The lowest BCUT2D eigenvalue weighted by Crippen LogP contribution is -2.27. The first kappa shape index (κ1) is 15.4. The molecule has 0 unspecified atom stereocenters. The van der Waals surface area contributed by atoms with Crippen molar-refractivity contribution >= 4 is 17.0 Å². The van der Waals surface area contributed by atoms with Gasteiger partial charge in [-0.05, 0) is 32.3 Å². The Balaban J connectivity index is 1.80. The molecule has 3 aromatic rings. The van der Waals surface area contributed by atoms with Crippen LogP contribution < -0.4 is 10.1 Å². The Hall–Kier alpha value is -2.53. The number of likely N-dealkylation sites (N-methyl/N-ethyl adjacent to an activating group) is 1. The SMILES string of the molecule is COc1ccccc1[C@@H](CNc1nc2ccccc2[nH]1)N(C)C. The summed E-state index contributed by atoms with van der Waals surface area (Å²) in [6.07, 6.45) is 0. The Bertz CT molecular complexity index is 748. The zero-order valence-electron chi connectivity index (χ0n) is 13.7. The Morgan fingerprint density at radius 3 is 2.61 bits per heavy atom. The lowest BCUT2D eigenvalue weighted by Gasteiger charge is -2.26. The molecule has 1 aromatic heterocycles. The molecular formula is C18H22N4O. The van der Waals surface area contributed by atoms with Crippen LogP contribution in [-0.2, 0) is 0 Å². The minimum atomic E-state index is 0.180. The highest BCUT2D eigenvalue weighted by Gasteiger charge is 2.18. The monoisotopic (exact) mass is 310 g/mol. The summed E-state index contributed by atoms with van der Waals surface area (Å²) in [5, 5.41) is 3.40. The van der Waals surface area contributed by atoms with Crippen LogP contribution in [0.5, 0.6) is 5.75 Å². The number of imidazole rings is 1. The van der Waals surface area contributed by atoms with Crippen molar-refractivity contribution in [3.8, 4) is 5.75 Å². The number of hydrogen-bond donors (Lipinski definition) is 2. The van der Waals surface area contributed by atoms with E-state index in [-0.39, 0.29) is 6.04 Å². The van der Waals surface area contributed by atoms with Crippen LogP contribution in [0.4, 0.5) is 5.95 Å². The van der Waals surface area contributed by atoms with Crippen LogP contribution in [-0.4, -0.2) is 42.6 Å². The molecule has 0 radical (unpaired) electrons. The molecule has 1 heterocycles. The Morgan fingerprint density at radius 2 is 1.87 bits per heavy atom. The van der Waals surface area contributed by atoms with E-state index in [1.807, 2.05) is 42.5 Å². The van der Waals surface area contributed by atoms with E-state index in [4.69, 9.17) is 4.74 Å². The number of para-hydroxylation sites is 3. The fourth-order valence-electron chi connectivity index (χ4n) is 2.74. The van der Waals surface area contributed by atoms with Gasteiger partial charge in [0.05, 0.1) is 24.2 Å². The molecule has 2 aromatic carbocycles. The van der Waals surface area contributed by atoms with Gasteiger partial charge in [0, 0.05) is 12.1 Å². The third-order valence-corrected chi connectivity index (χ3v) is 3.97. The largest absolute Gasteiger partial charge is 0.496 e. The van der Waals surface area contributed by atoms with E-state index in [0.717, 1.165) is 34.8 Å². The highest BCUT2D eigenvalue weighted by atomic mass is 16.5. The molecule has 0 saturated carbocycles. The highest BCUT2D eigenvalue weighted by molar-refractivity contribution is 5.77. The average molecular weight is 310 g/mol. The molecule has 0 bridgehead atoms. The molecule has 120 valence electrons. The molecule has 0 saturated heterocycles. The van der Waals surface area contributed by atoms with Crippen LogP contribution in [0.3, 0.4) is 0 Å². The third kappa shape index (κ3) is 3.29. The Morgan fingerprint density at radius 1 is 1.13 bits per heavy atom. The van der Waals surface area contributed by atoms with Crippen LogP contribution in [0.25, 0.3) is 11.0 Å². The minimum absolute atomic E-state index is 0.180. The maximum atomic E-state index is 5.50. The second-order valence-electron chi connectivity index (χ2n) is 5.70. The number of nitrogens with one attached hydrogen (secondary N) is 2. The molecule has 5 heteroatoms. The maximum Gasteiger partial charge on any atom is 0.201 e. The van der Waals surface area contributed by atoms with Gasteiger partial charge in [0.2, 0.25) is 5.95 Å². The van der Waals surface area contributed by atoms with Crippen molar-refractivity contribution in [2.24, 2.45) is 0 Å². The molecule has 2 N–H and O–H groups in total. The number of methoxy groups -OCH3 is 1. The first-order valence-corrected chi connectivity index (χ1v) is 7.67. The first-order chi connectivity index (χ1) is 11.2. The van der Waals surface area contributed by atoms with Crippen LogP contribution >= 0.6 is 0 Å². The standard InChI is InChI=1S/C18H22N4O/c1-22(2)16(13-8-4-7-11-17(13)23-3)12-19-18-20-14-9-5-6-10-15(14)21-18/h4-11,16H,12H2,1-3H3,(H2,19,20,21)/t16-/m1/s1. The fourth-order valence-corrected chi connectivity index (χ4v) is 2.74. The highest BCUT2D eigenvalue weighted by Crippen LogP contribution is 2.28. The average Bonchev–Trinajstić information content (AvgIpc) is 2.98. The van der Waals surface area contributed by atoms with Crippen molar-refractivity contribution < 1.29 is 4.74 Å². The van der Waals surface area contributed by atoms with Gasteiger partial charge >= 0.3 is 0 Å². The number of nitrogens with zero attached hydrogens (tertiary/aromatic N) is 2. The van der Waals surface area contributed by atoms with Gasteiger partial charge in [-0.25, -0.2) is 4.98 Å². The molecule has 0 amide bonds. The number of H-pyrrole nitrogens is 1. The lowest BCUT2D eigenvalue weighted by molar-refractivity contribution is 0.299. The molecule has 1 atom stereocenters. The summed E-state index contributed by atoms with van der Waals surface area (Å²) >= 11 is 0. The van der Waals surface area contributed by atoms with E-state index in [0.29, 0.717) is 0 Å². The minimum Gasteiger partial charge on any atom is -0.496 e. The molecule has 0 aliphatic heterocycles. The van der Waals surface area contributed by atoms with Gasteiger partial charge in [0.15, 0.2) is 0 Å². The number of anilines is 1. The van der Waals surface area contributed by atoms with E-state index in [1.54, 1.807) is 7.11 Å². The van der Waals surface area contributed by atoms with Gasteiger partial charge in [-0.2, -0.15) is 0 Å². The van der Waals surface area contributed by atoms with Gasteiger partial charge < -0.3 is 19.9 Å². The van der Waals surface area contributed by atoms with Gasteiger partial charge in [-0.3, -0.25) is 0 Å². The molecular weight excluding hydrogens is 288 g/mol. The summed E-state index contributed by atoms with van der Waals surface area (Å²) in [6.45, 7) is 0.729. The van der Waals surface area contributed by atoms with Gasteiger partial charge in [0.25, 0.3) is 0 Å². The number of aromatic amines is 1. The molecule has 5 nitrogen and oxygen atoms in total. The normalized spacial score (nSPS) is 12.5. The van der Waals surface area contributed by atoms with Crippen LogP contribution in [0.1, 0.15) is 11.6 Å². The van der Waals surface area contributed by atoms with E-state index >= 15 is 0 Å². The van der Waals surface area contributed by atoms with E-state index in [1.165, 1.54) is 0 Å². The Labute approximate surface area is 136 Å². The number of ether oxygens (including phenoxy) is 1. The Kier molecular flexibility index (Phi) is 4.48. The van der Waals surface area contributed by atoms with Crippen molar-refractivity contribution in [1.82, 2.24) is 14.9 Å². The molecule has 23 heavy (non-hydrogen) atoms.